The molecule has 1 fully saturated rings. The lowest BCUT2D eigenvalue weighted by molar-refractivity contribution is 0.394. The number of rotatable bonds is 7. The van der Waals surface area contributed by atoms with Gasteiger partial charge >= 0.3 is 0 Å². The molecule has 1 unspecified atom stereocenters. The molecule has 1 saturated heterocycles. The number of furan rings is 1. The van der Waals surface area contributed by atoms with Crippen LogP contribution in [-0.2, 0) is 6.54 Å². The normalized spacial score (nSPS) is 17.1. The van der Waals surface area contributed by atoms with Crippen LogP contribution >= 0.6 is 0 Å². The van der Waals surface area contributed by atoms with Gasteiger partial charge in [0.25, 0.3) is 0 Å². The van der Waals surface area contributed by atoms with E-state index in [4.69, 9.17) is 13.9 Å². The molecule has 7 heteroatoms. The summed E-state index contributed by atoms with van der Waals surface area (Å²) in [5, 5.41) is 6.83. The van der Waals surface area contributed by atoms with Crippen LogP contribution in [0.2, 0.25) is 0 Å². The van der Waals surface area contributed by atoms with Crippen LogP contribution in [-0.4, -0.2) is 45.9 Å². The molecule has 2 heterocycles. The predicted molar refractivity (Wildman–Crippen MR) is 107 cm³/mol. The Labute approximate surface area is 160 Å². The number of ether oxygens (including phenoxy) is 2. The first-order chi connectivity index (χ1) is 13.2. The van der Waals surface area contributed by atoms with Gasteiger partial charge in [0, 0.05) is 49.6 Å². The van der Waals surface area contributed by atoms with Gasteiger partial charge in [0.1, 0.15) is 23.8 Å². The van der Waals surface area contributed by atoms with Crippen molar-refractivity contribution in [3.63, 3.8) is 0 Å². The minimum atomic E-state index is 0.316. The summed E-state index contributed by atoms with van der Waals surface area (Å²) in [6.07, 6.45) is 2.70. The van der Waals surface area contributed by atoms with Crippen LogP contribution < -0.4 is 25.0 Å². The molecule has 0 spiro atoms. The second kappa shape index (κ2) is 9.21. The highest BCUT2D eigenvalue weighted by Crippen LogP contribution is 2.30. The minimum Gasteiger partial charge on any atom is -0.497 e. The van der Waals surface area contributed by atoms with Crippen molar-refractivity contribution in [1.29, 1.82) is 0 Å². The lowest BCUT2D eigenvalue weighted by Gasteiger charge is -2.21. The molecule has 0 saturated carbocycles. The van der Waals surface area contributed by atoms with Gasteiger partial charge in [0.2, 0.25) is 0 Å². The molecule has 146 valence electrons. The maximum absolute atomic E-state index is 5.39. The Morgan fingerprint density at radius 1 is 1.26 bits per heavy atom. The first-order valence-corrected chi connectivity index (χ1v) is 9.27. The minimum absolute atomic E-state index is 0.316. The van der Waals surface area contributed by atoms with E-state index in [-0.39, 0.29) is 0 Å². The van der Waals surface area contributed by atoms with Gasteiger partial charge in [-0.25, -0.2) is 4.99 Å². The van der Waals surface area contributed by atoms with Gasteiger partial charge in [-0.15, -0.1) is 0 Å². The Morgan fingerprint density at radius 3 is 2.67 bits per heavy atom. The van der Waals surface area contributed by atoms with Gasteiger partial charge in [-0.1, -0.05) is 0 Å². The summed E-state index contributed by atoms with van der Waals surface area (Å²) in [5.74, 6) is 3.26. The molecule has 0 bridgehead atoms. The van der Waals surface area contributed by atoms with Crippen LogP contribution in [0.1, 0.15) is 19.1 Å². The van der Waals surface area contributed by atoms with Gasteiger partial charge in [0.05, 0.1) is 20.5 Å². The summed E-state index contributed by atoms with van der Waals surface area (Å²) >= 11 is 0. The maximum atomic E-state index is 5.39. The van der Waals surface area contributed by atoms with Gasteiger partial charge in [0.15, 0.2) is 5.96 Å². The zero-order valence-corrected chi connectivity index (χ0v) is 16.2. The molecule has 1 aliphatic rings. The molecule has 3 rings (SSSR count). The lowest BCUT2D eigenvalue weighted by atomic mass is 10.2. The Balaban J connectivity index is 1.63. The smallest absolute Gasteiger partial charge is 0.191 e. The third kappa shape index (κ3) is 5.09. The zero-order valence-electron chi connectivity index (χ0n) is 16.2. The molecular formula is C20H28N4O3. The summed E-state index contributed by atoms with van der Waals surface area (Å²) in [6.45, 7) is 5.25. The Morgan fingerprint density at radius 2 is 2.04 bits per heavy atom. The monoisotopic (exact) mass is 372 g/mol. The topological polar surface area (TPSA) is 71.3 Å². The molecule has 27 heavy (non-hydrogen) atoms. The van der Waals surface area contributed by atoms with E-state index in [1.807, 2.05) is 30.3 Å². The summed E-state index contributed by atoms with van der Waals surface area (Å²) in [5.41, 5.74) is 1.10. The average Bonchev–Trinajstić information content (AvgIpc) is 3.38. The van der Waals surface area contributed by atoms with E-state index < -0.39 is 0 Å². The van der Waals surface area contributed by atoms with Crippen molar-refractivity contribution in [2.75, 3.05) is 38.8 Å². The van der Waals surface area contributed by atoms with E-state index in [1.165, 1.54) is 0 Å². The highest BCUT2D eigenvalue weighted by Gasteiger charge is 2.24. The second-order valence-corrected chi connectivity index (χ2v) is 6.42. The standard InChI is InChI=1S/C20H28N4O3/c1-4-21-20(22-13-17-6-5-9-27-17)23-15-7-8-24(14-15)16-10-18(25-2)12-19(11-16)26-3/h5-6,9-12,15H,4,7-8,13-14H2,1-3H3,(H2,21,22,23). The van der Waals surface area contributed by atoms with Crippen molar-refractivity contribution in [3.05, 3.63) is 42.4 Å². The fourth-order valence-corrected chi connectivity index (χ4v) is 3.16. The zero-order chi connectivity index (χ0) is 19.1. The van der Waals surface area contributed by atoms with E-state index in [9.17, 15) is 0 Å². The number of hydrogen-bond donors (Lipinski definition) is 2. The summed E-state index contributed by atoms with van der Waals surface area (Å²) < 4.78 is 16.1. The van der Waals surface area contributed by atoms with Crippen molar-refractivity contribution in [1.82, 2.24) is 10.6 Å². The number of methoxy groups -OCH3 is 2. The fraction of sp³-hybridized carbons (Fsp3) is 0.450. The van der Waals surface area contributed by atoms with Crippen molar-refractivity contribution >= 4 is 11.6 Å². The molecule has 1 aliphatic heterocycles. The van der Waals surface area contributed by atoms with Crippen LogP contribution in [0.15, 0.2) is 46.0 Å². The molecule has 2 aromatic rings. The first kappa shape index (κ1) is 18.9. The van der Waals surface area contributed by atoms with Crippen LogP contribution in [0.3, 0.4) is 0 Å². The molecule has 7 nitrogen and oxygen atoms in total. The Kier molecular flexibility index (Phi) is 6.46. The van der Waals surface area contributed by atoms with E-state index >= 15 is 0 Å². The molecule has 0 amide bonds. The highest BCUT2D eigenvalue weighted by atomic mass is 16.5. The van der Waals surface area contributed by atoms with Crippen molar-refractivity contribution in [3.8, 4) is 11.5 Å². The molecule has 2 N–H and O–H groups in total. The number of nitrogens with one attached hydrogen (secondary N) is 2. The van der Waals surface area contributed by atoms with E-state index in [0.29, 0.717) is 12.6 Å². The Hall–Kier alpha value is -2.83. The summed E-state index contributed by atoms with van der Waals surface area (Å²) in [7, 11) is 3.34. The molecule has 1 atom stereocenters. The van der Waals surface area contributed by atoms with E-state index in [1.54, 1.807) is 20.5 Å². The third-order valence-electron chi connectivity index (χ3n) is 4.55. The molecule has 1 aromatic heterocycles. The van der Waals surface area contributed by atoms with Crippen molar-refractivity contribution in [2.45, 2.75) is 25.9 Å². The summed E-state index contributed by atoms with van der Waals surface area (Å²) in [4.78, 5) is 6.95. The van der Waals surface area contributed by atoms with E-state index in [2.05, 4.69) is 27.4 Å². The number of guanidine groups is 1. The van der Waals surface area contributed by atoms with Crippen LogP contribution in [0, 0.1) is 0 Å². The number of hydrogen-bond acceptors (Lipinski definition) is 5. The Bertz CT molecular complexity index is 723. The largest absolute Gasteiger partial charge is 0.497 e. The van der Waals surface area contributed by atoms with Gasteiger partial charge in [-0.2, -0.15) is 0 Å². The average molecular weight is 372 g/mol. The maximum Gasteiger partial charge on any atom is 0.191 e. The van der Waals surface area contributed by atoms with Crippen LogP contribution in [0.5, 0.6) is 11.5 Å². The van der Waals surface area contributed by atoms with Gasteiger partial charge < -0.3 is 29.4 Å². The highest BCUT2D eigenvalue weighted by molar-refractivity contribution is 5.80. The van der Waals surface area contributed by atoms with E-state index in [0.717, 1.165) is 55.0 Å². The van der Waals surface area contributed by atoms with Crippen molar-refractivity contribution < 1.29 is 13.9 Å². The van der Waals surface area contributed by atoms with Crippen LogP contribution in [0.4, 0.5) is 5.69 Å². The number of anilines is 1. The third-order valence-corrected chi connectivity index (χ3v) is 4.55. The fourth-order valence-electron chi connectivity index (χ4n) is 3.16. The molecule has 1 aromatic carbocycles. The lowest BCUT2D eigenvalue weighted by Crippen LogP contribution is -2.44. The molecule has 0 aliphatic carbocycles. The number of aliphatic imine (C=N–C) groups is 1. The van der Waals surface area contributed by atoms with Gasteiger partial charge in [-0.3, -0.25) is 0 Å². The predicted octanol–water partition coefficient (Wildman–Crippen LogP) is 2.63. The SMILES string of the molecule is CCNC(=NCc1ccco1)NC1CCN(c2cc(OC)cc(OC)c2)C1. The quantitative estimate of drug-likeness (QED) is 0.575. The molecular weight excluding hydrogens is 344 g/mol. The van der Waals surface area contributed by atoms with Gasteiger partial charge in [-0.05, 0) is 25.5 Å². The number of nitrogens with zero attached hydrogens (tertiary/aromatic N) is 2. The second-order valence-electron chi connectivity index (χ2n) is 6.42. The first-order valence-electron chi connectivity index (χ1n) is 9.27. The summed E-state index contributed by atoms with van der Waals surface area (Å²) in [6, 6.07) is 10.1. The van der Waals surface area contributed by atoms with Crippen LogP contribution in [0.25, 0.3) is 0 Å². The number of benzene rings is 1. The molecule has 0 radical (unpaired) electrons. The van der Waals surface area contributed by atoms with Crippen molar-refractivity contribution in [2.24, 2.45) is 4.99 Å².